The lowest BCUT2D eigenvalue weighted by atomic mass is 10.2. The third kappa shape index (κ3) is 4.42. The molecule has 11 heteroatoms. The number of hydrogen-bond donors (Lipinski definition) is 4. The van der Waals surface area contributed by atoms with Crippen LogP contribution < -0.4 is 21.3 Å². The summed E-state index contributed by atoms with van der Waals surface area (Å²) in [7, 11) is -3.80. The number of pyridine rings is 1. The van der Waals surface area contributed by atoms with Crippen molar-refractivity contribution < 1.29 is 8.42 Å². The first-order chi connectivity index (χ1) is 12.9. The van der Waals surface area contributed by atoms with Gasteiger partial charge in [-0.2, -0.15) is 0 Å². The normalized spacial score (nSPS) is 11.2. The third-order valence-electron chi connectivity index (χ3n) is 3.53. The van der Waals surface area contributed by atoms with Crippen molar-refractivity contribution in [3.63, 3.8) is 0 Å². The summed E-state index contributed by atoms with van der Waals surface area (Å²) in [4.78, 5) is 14.3. The van der Waals surface area contributed by atoms with Gasteiger partial charge >= 0.3 is 0 Å². The molecule has 0 unspecified atom stereocenters. The number of nitrogen functional groups attached to an aromatic ring is 1. The van der Waals surface area contributed by atoms with Gasteiger partial charge in [-0.05, 0) is 31.2 Å². The van der Waals surface area contributed by atoms with E-state index in [1.807, 2.05) is 6.92 Å². The molecule has 0 bridgehead atoms. The summed E-state index contributed by atoms with van der Waals surface area (Å²) in [5.74, 6) is 0.333. The molecular formula is C16H16ClN7O2S. The molecule has 0 aliphatic heterocycles. The van der Waals surface area contributed by atoms with Crippen molar-refractivity contribution in [2.24, 2.45) is 0 Å². The molecule has 2 heterocycles. The number of rotatable bonds is 6. The molecule has 0 fully saturated rings. The van der Waals surface area contributed by atoms with Crippen LogP contribution in [0.3, 0.4) is 0 Å². The fraction of sp³-hybridized carbons (Fsp3) is 0.0625. The van der Waals surface area contributed by atoms with E-state index in [0.717, 1.165) is 5.56 Å². The Kier molecular flexibility index (Phi) is 5.40. The van der Waals surface area contributed by atoms with Gasteiger partial charge in [-0.25, -0.2) is 23.4 Å². The van der Waals surface area contributed by atoms with Crippen molar-refractivity contribution in [3.8, 4) is 0 Å². The summed E-state index contributed by atoms with van der Waals surface area (Å²) in [5.41, 5.74) is 10.1. The molecule has 0 saturated carbocycles. The number of hydrogen-bond acceptors (Lipinski definition) is 8. The molecular weight excluding hydrogens is 390 g/mol. The first-order valence-electron chi connectivity index (χ1n) is 7.69. The molecule has 0 spiro atoms. The van der Waals surface area contributed by atoms with Crippen molar-refractivity contribution in [1.29, 1.82) is 0 Å². The van der Waals surface area contributed by atoms with Gasteiger partial charge in [0.15, 0.2) is 16.8 Å². The third-order valence-corrected chi connectivity index (χ3v) is 5.10. The lowest BCUT2D eigenvalue weighted by Crippen LogP contribution is -2.30. The van der Waals surface area contributed by atoms with E-state index in [1.165, 1.54) is 18.5 Å². The van der Waals surface area contributed by atoms with Crippen LogP contribution in [0.4, 0.5) is 23.0 Å². The van der Waals surface area contributed by atoms with Crippen LogP contribution in [-0.2, 0) is 10.0 Å². The number of hydrazine groups is 1. The molecule has 2 aromatic heterocycles. The van der Waals surface area contributed by atoms with Crippen LogP contribution in [0.5, 0.6) is 0 Å². The molecule has 0 atom stereocenters. The standard InChI is InChI=1S/C16H16ClN7O2S/c1-10-4-6-11(7-5-10)27(25,26)24-23-16-13(18)15(20-9-21-16)22-12-3-2-8-19-14(12)17/h2-9,24H,18H2,1H3,(H2,20,21,22,23). The Morgan fingerprint density at radius 3 is 2.44 bits per heavy atom. The first-order valence-corrected chi connectivity index (χ1v) is 9.55. The number of nitrogens with zero attached hydrogens (tertiary/aromatic N) is 3. The number of sulfonamides is 1. The van der Waals surface area contributed by atoms with Gasteiger partial charge in [0.1, 0.15) is 12.0 Å². The summed E-state index contributed by atoms with van der Waals surface area (Å²) in [6.07, 6.45) is 2.77. The highest BCUT2D eigenvalue weighted by molar-refractivity contribution is 7.89. The van der Waals surface area contributed by atoms with Gasteiger partial charge in [-0.15, -0.1) is 4.83 Å². The number of aromatic nitrogens is 3. The maximum Gasteiger partial charge on any atom is 0.257 e. The molecule has 0 aliphatic rings. The van der Waals surface area contributed by atoms with E-state index in [1.54, 1.807) is 30.5 Å². The van der Waals surface area contributed by atoms with Gasteiger partial charge < -0.3 is 11.1 Å². The Morgan fingerprint density at radius 2 is 1.74 bits per heavy atom. The van der Waals surface area contributed by atoms with E-state index in [4.69, 9.17) is 17.3 Å². The molecule has 3 rings (SSSR count). The zero-order valence-electron chi connectivity index (χ0n) is 14.1. The van der Waals surface area contributed by atoms with Crippen LogP contribution in [0.25, 0.3) is 0 Å². The lowest BCUT2D eigenvalue weighted by Gasteiger charge is -2.13. The predicted molar refractivity (Wildman–Crippen MR) is 104 cm³/mol. The highest BCUT2D eigenvalue weighted by Gasteiger charge is 2.16. The molecule has 5 N–H and O–H groups in total. The first kappa shape index (κ1) is 18.8. The Labute approximate surface area is 161 Å². The van der Waals surface area contributed by atoms with Gasteiger partial charge in [0.05, 0.1) is 10.6 Å². The second kappa shape index (κ2) is 7.74. The Bertz CT molecular complexity index is 1060. The van der Waals surface area contributed by atoms with Crippen LogP contribution in [0.2, 0.25) is 5.15 Å². The van der Waals surface area contributed by atoms with Crippen molar-refractivity contribution in [3.05, 3.63) is 59.6 Å². The number of nitrogens with one attached hydrogen (secondary N) is 3. The zero-order chi connectivity index (χ0) is 19.4. The van der Waals surface area contributed by atoms with Gasteiger partial charge in [-0.3, -0.25) is 5.43 Å². The van der Waals surface area contributed by atoms with Gasteiger partial charge in [0.25, 0.3) is 10.0 Å². The van der Waals surface area contributed by atoms with Crippen molar-refractivity contribution in [2.75, 3.05) is 16.5 Å². The summed E-state index contributed by atoms with van der Waals surface area (Å²) in [6.45, 7) is 1.87. The minimum Gasteiger partial charge on any atom is -0.393 e. The quantitative estimate of drug-likeness (QED) is 0.363. The van der Waals surface area contributed by atoms with E-state index >= 15 is 0 Å². The summed E-state index contributed by atoms with van der Waals surface area (Å²) in [5, 5.41) is 3.17. The topological polar surface area (TPSA) is 135 Å². The molecule has 1 aromatic carbocycles. The van der Waals surface area contributed by atoms with Crippen LogP contribution in [-0.4, -0.2) is 23.4 Å². The molecule has 27 heavy (non-hydrogen) atoms. The minimum absolute atomic E-state index is 0.0863. The fourth-order valence-corrected chi connectivity index (χ4v) is 3.10. The monoisotopic (exact) mass is 405 g/mol. The fourth-order valence-electron chi connectivity index (χ4n) is 2.09. The largest absolute Gasteiger partial charge is 0.393 e. The van der Waals surface area contributed by atoms with Crippen LogP contribution in [0.15, 0.2) is 53.8 Å². The number of benzene rings is 1. The Balaban J connectivity index is 1.78. The van der Waals surface area contributed by atoms with Crippen molar-refractivity contribution >= 4 is 44.6 Å². The van der Waals surface area contributed by atoms with E-state index in [-0.39, 0.29) is 27.4 Å². The average molecular weight is 406 g/mol. The SMILES string of the molecule is Cc1ccc(S(=O)(=O)NNc2ncnc(Nc3cccnc3Cl)c2N)cc1. The zero-order valence-corrected chi connectivity index (χ0v) is 15.7. The van der Waals surface area contributed by atoms with Crippen molar-refractivity contribution in [1.82, 2.24) is 19.8 Å². The summed E-state index contributed by atoms with van der Waals surface area (Å²) in [6, 6.07) is 9.80. The minimum atomic E-state index is -3.80. The summed E-state index contributed by atoms with van der Waals surface area (Å²) < 4.78 is 24.7. The summed E-state index contributed by atoms with van der Waals surface area (Å²) >= 11 is 6.00. The molecule has 0 amide bonds. The van der Waals surface area contributed by atoms with Crippen molar-refractivity contribution in [2.45, 2.75) is 11.8 Å². The number of anilines is 4. The Hall–Kier alpha value is -2.95. The van der Waals surface area contributed by atoms with Crippen LogP contribution in [0.1, 0.15) is 5.56 Å². The molecule has 0 aliphatic carbocycles. The highest BCUT2D eigenvalue weighted by Crippen LogP contribution is 2.28. The van der Waals surface area contributed by atoms with E-state index < -0.39 is 10.0 Å². The number of halogens is 1. The van der Waals surface area contributed by atoms with E-state index in [2.05, 4.69) is 30.5 Å². The Morgan fingerprint density at radius 1 is 1.04 bits per heavy atom. The molecule has 0 saturated heterocycles. The van der Waals surface area contributed by atoms with E-state index in [0.29, 0.717) is 5.69 Å². The van der Waals surface area contributed by atoms with Gasteiger partial charge in [0, 0.05) is 6.20 Å². The van der Waals surface area contributed by atoms with Crippen LogP contribution in [0, 0.1) is 6.92 Å². The maximum atomic E-state index is 12.3. The van der Waals surface area contributed by atoms with Crippen LogP contribution >= 0.6 is 11.6 Å². The highest BCUT2D eigenvalue weighted by atomic mass is 35.5. The smallest absolute Gasteiger partial charge is 0.257 e. The number of nitrogens with two attached hydrogens (primary N) is 1. The second-order valence-corrected chi connectivity index (χ2v) is 7.54. The lowest BCUT2D eigenvalue weighted by molar-refractivity contribution is 0.587. The second-order valence-electron chi connectivity index (χ2n) is 5.49. The molecule has 0 radical (unpaired) electrons. The van der Waals surface area contributed by atoms with Gasteiger partial charge in [-0.1, -0.05) is 29.3 Å². The van der Waals surface area contributed by atoms with E-state index in [9.17, 15) is 8.42 Å². The molecule has 140 valence electrons. The molecule has 9 nitrogen and oxygen atoms in total. The maximum absolute atomic E-state index is 12.3. The molecule has 3 aromatic rings. The van der Waals surface area contributed by atoms with Gasteiger partial charge in [0.2, 0.25) is 0 Å². The average Bonchev–Trinajstić information content (AvgIpc) is 2.64. The number of aryl methyl sites for hydroxylation is 1. The predicted octanol–water partition coefficient (Wildman–Crippen LogP) is 2.46.